The first kappa shape index (κ1) is 15.6. The van der Waals surface area contributed by atoms with Crippen LogP contribution >= 0.6 is 11.6 Å². The molecule has 1 atom stereocenters. The van der Waals surface area contributed by atoms with Crippen LogP contribution in [0.5, 0.6) is 0 Å². The molecule has 0 aromatic carbocycles. The molecule has 1 unspecified atom stereocenters. The van der Waals surface area contributed by atoms with Crippen LogP contribution in [0, 0.1) is 16.0 Å². The highest BCUT2D eigenvalue weighted by molar-refractivity contribution is 6.28. The molecule has 0 spiro atoms. The molecule has 0 saturated heterocycles. The minimum absolute atomic E-state index is 0.00899. The molecule has 0 amide bonds. The van der Waals surface area contributed by atoms with E-state index in [2.05, 4.69) is 29.1 Å². The number of rotatable bonds is 8. The predicted molar refractivity (Wildman–Crippen MR) is 75.5 cm³/mol. The Labute approximate surface area is 117 Å². The fourth-order valence-corrected chi connectivity index (χ4v) is 1.94. The Hall–Kier alpha value is -1.43. The van der Waals surface area contributed by atoms with Crippen molar-refractivity contribution in [1.82, 2.24) is 9.97 Å². The topological polar surface area (TPSA) is 81.0 Å². The molecule has 0 fully saturated rings. The molecule has 0 aliphatic rings. The first-order valence-corrected chi connectivity index (χ1v) is 6.87. The predicted octanol–water partition coefficient (Wildman–Crippen LogP) is 3.67. The number of aromatic nitrogens is 2. The lowest BCUT2D eigenvalue weighted by Gasteiger charge is -2.15. The molecular weight excluding hydrogens is 268 g/mol. The number of hydrogen-bond donors (Lipinski definition) is 1. The van der Waals surface area contributed by atoms with Gasteiger partial charge in [-0.2, -0.15) is 4.98 Å². The van der Waals surface area contributed by atoms with Gasteiger partial charge in [0.05, 0.1) is 4.92 Å². The third-order valence-corrected chi connectivity index (χ3v) is 3.22. The van der Waals surface area contributed by atoms with E-state index < -0.39 is 4.92 Å². The molecule has 1 rings (SSSR count). The van der Waals surface area contributed by atoms with Gasteiger partial charge in [0.1, 0.15) is 6.20 Å². The molecule has 1 heterocycles. The maximum absolute atomic E-state index is 10.9. The van der Waals surface area contributed by atoms with Gasteiger partial charge in [-0.3, -0.25) is 10.1 Å². The minimum Gasteiger partial charge on any atom is -0.364 e. The molecule has 1 N–H and O–H groups in total. The maximum Gasteiger partial charge on any atom is 0.329 e. The zero-order valence-corrected chi connectivity index (χ0v) is 12.0. The summed E-state index contributed by atoms with van der Waals surface area (Å²) in [6.07, 6.45) is 5.57. The van der Waals surface area contributed by atoms with Crippen molar-refractivity contribution < 1.29 is 4.92 Å². The highest BCUT2D eigenvalue weighted by Gasteiger charge is 2.17. The summed E-state index contributed by atoms with van der Waals surface area (Å²) in [4.78, 5) is 17.9. The molecule has 0 aliphatic carbocycles. The van der Waals surface area contributed by atoms with E-state index in [1.54, 1.807) is 0 Å². The van der Waals surface area contributed by atoms with E-state index in [9.17, 15) is 10.1 Å². The fraction of sp³-hybridized carbons (Fsp3) is 0.667. The van der Waals surface area contributed by atoms with Gasteiger partial charge in [0.2, 0.25) is 11.1 Å². The number of unbranched alkanes of at least 4 members (excludes halogenated alkanes) is 1. The van der Waals surface area contributed by atoms with Crippen LogP contribution < -0.4 is 5.32 Å². The molecular formula is C12H19ClN4O2. The van der Waals surface area contributed by atoms with Crippen LogP contribution in [0.25, 0.3) is 0 Å². The number of anilines is 1. The Balaban J connectivity index is 2.70. The Morgan fingerprint density at radius 2 is 2.26 bits per heavy atom. The van der Waals surface area contributed by atoms with E-state index in [-0.39, 0.29) is 16.8 Å². The number of halogens is 1. The third kappa shape index (κ3) is 4.98. The molecule has 0 aliphatic heterocycles. The zero-order valence-electron chi connectivity index (χ0n) is 11.2. The average molecular weight is 287 g/mol. The molecule has 6 nitrogen and oxygen atoms in total. The van der Waals surface area contributed by atoms with Crippen molar-refractivity contribution in [2.75, 3.05) is 11.9 Å². The SMILES string of the molecule is CCCCC(CC)CNc1nc(Cl)ncc1[N+](=O)[O-]. The summed E-state index contributed by atoms with van der Waals surface area (Å²) in [5.41, 5.74) is -0.144. The summed E-state index contributed by atoms with van der Waals surface area (Å²) in [6, 6.07) is 0. The Morgan fingerprint density at radius 3 is 2.84 bits per heavy atom. The standard InChI is InChI=1S/C12H19ClN4O2/c1-3-5-6-9(4-2)7-14-11-10(17(18)19)8-15-12(13)16-11/h8-9H,3-7H2,1-2H3,(H,14,15,16). The highest BCUT2D eigenvalue weighted by atomic mass is 35.5. The van der Waals surface area contributed by atoms with Gasteiger partial charge in [0.25, 0.3) is 0 Å². The maximum atomic E-state index is 10.9. The molecule has 0 radical (unpaired) electrons. The number of nitro groups is 1. The van der Waals surface area contributed by atoms with Crippen molar-refractivity contribution in [3.05, 3.63) is 21.6 Å². The minimum atomic E-state index is -0.508. The largest absolute Gasteiger partial charge is 0.364 e. The molecule has 19 heavy (non-hydrogen) atoms. The van der Waals surface area contributed by atoms with Gasteiger partial charge in [-0.25, -0.2) is 4.98 Å². The van der Waals surface area contributed by atoms with E-state index in [0.717, 1.165) is 31.9 Å². The van der Waals surface area contributed by atoms with E-state index in [0.29, 0.717) is 12.5 Å². The van der Waals surface area contributed by atoms with Crippen molar-refractivity contribution >= 4 is 23.1 Å². The molecule has 0 saturated carbocycles. The van der Waals surface area contributed by atoms with Gasteiger partial charge in [0.15, 0.2) is 0 Å². The second kappa shape index (κ2) is 7.89. The van der Waals surface area contributed by atoms with Crippen LogP contribution in [-0.2, 0) is 0 Å². The lowest BCUT2D eigenvalue weighted by molar-refractivity contribution is -0.384. The third-order valence-electron chi connectivity index (χ3n) is 3.04. The van der Waals surface area contributed by atoms with Gasteiger partial charge in [0, 0.05) is 6.54 Å². The van der Waals surface area contributed by atoms with Gasteiger partial charge in [-0.05, 0) is 23.9 Å². The van der Waals surface area contributed by atoms with E-state index in [4.69, 9.17) is 11.6 Å². The van der Waals surface area contributed by atoms with Crippen LogP contribution in [0.1, 0.15) is 39.5 Å². The molecule has 1 aromatic heterocycles. The Bertz CT molecular complexity index is 428. The number of hydrogen-bond acceptors (Lipinski definition) is 5. The zero-order chi connectivity index (χ0) is 14.3. The molecule has 106 valence electrons. The van der Waals surface area contributed by atoms with E-state index in [1.807, 2.05) is 0 Å². The normalized spacial score (nSPS) is 12.2. The Morgan fingerprint density at radius 1 is 1.53 bits per heavy atom. The Kier molecular flexibility index (Phi) is 6.49. The van der Waals surface area contributed by atoms with E-state index in [1.165, 1.54) is 0 Å². The van der Waals surface area contributed by atoms with Gasteiger partial charge < -0.3 is 5.32 Å². The van der Waals surface area contributed by atoms with Crippen LogP contribution in [0.3, 0.4) is 0 Å². The van der Waals surface area contributed by atoms with Crippen molar-refractivity contribution in [2.45, 2.75) is 39.5 Å². The van der Waals surface area contributed by atoms with Crippen molar-refractivity contribution in [1.29, 1.82) is 0 Å². The highest BCUT2D eigenvalue weighted by Crippen LogP contribution is 2.23. The van der Waals surface area contributed by atoms with Crippen LogP contribution in [0.15, 0.2) is 6.20 Å². The average Bonchev–Trinajstić information content (AvgIpc) is 2.38. The smallest absolute Gasteiger partial charge is 0.329 e. The van der Waals surface area contributed by atoms with E-state index >= 15 is 0 Å². The summed E-state index contributed by atoms with van der Waals surface area (Å²) in [5.74, 6) is 0.674. The summed E-state index contributed by atoms with van der Waals surface area (Å²) in [7, 11) is 0. The summed E-state index contributed by atoms with van der Waals surface area (Å²) >= 11 is 5.67. The second-order valence-corrected chi connectivity index (χ2v) is 4.77. The quantitative estimate of drug-likeness (QED) is 0.448. The molecule has 0 bridgehead atoms. The van der Waals surface area contributed by atoms with Gasteiger partial charge in [-0.15, -0.1) is 0 Å². The van der Waals surface area contributed by atoms with Gasteiger partial charge in [-0.1, -0.05) is 33.1 Å². The first-order valence-electron chi connectivity index (χ1n) is 6.49. The number of nitrogens with one attached hydrogen (secondary N) is 1. The van der Waals surface area contributed by atoms with Crippen LogP contribution in [0.2, 0.25) is 5.28 Å². The lowest BCUT2D eigenvalue weighted by atomic mass is 9.99. The van der Waals surface area contributed by atoms with Crippen molar-refractivity contribution in [3.8, 4) is 0 Å². The summed E-state index contributed by atoms with van der Waals surface area (Å²) in [6.45, 7) is 4.92. The molecule has 7 heteroatoms. The molecule has 1 aromatic rings. The van der Waals surface area contributed by atoms with Crippen molar-refractivity contribution in [2.24, 2.45) is 5.92 Å². The van der Waals surface area contributed by atoms with Crippen LogP contribution in [-0.4, -0.2) is 21.4 Å². The first-order chi connectivity index (χ1) is 9.08. The fourth-order valence-electron chi connectivity index (χ4n) is 1.80. The van der Waals surface area contributed by atoms with Crippen LogP contribution in [0.4, 0.5) is 11.5 Å². The summed E-state index contributed by atoms with van der Waals surface area (Å²) < 4.78 is 0. The van der Waals surface area contributed by atoms with Gasteiger partial charge >= 0.3 is 5.69 Å². The second-order valence-electron chi connectivity index (χ2n) is 4.43. The summed E-state index contributed by atoms with van der Waals surface area (Å²) in [5, 5.41) is 13.9. The van der Waals surface area contributed by atoms with Crippen molar-refractivity contribution in [3.63, 3.8) is 0 Å². The number of nitrogens with zero attached hydrogens (tertiary/aromatic N) is 3. The lowest BCUT2D eigenvalue weighted by Crippen LogP contribution is -2.15. The monoisotopic (exact) mass is 286 g/mol.